The third kappa shape index (κ3) is 3.24. The summed E-state index contributed by atoms with van der Waals surface area (Å²) < 4.78 is 0. The summed E-state index contributed by atoms with van der Waals surface area (Å²) in [4.78, 5) is 25.0. The van der Waals surface area contributed by atoms with Crippen LogP contribution in [0.25, 0.3) is 0 Å². The summed E-state index contributed by atoms with van der Waals surface area (Å²) in [5.41, 5.74) is 2.41. The molecular formula is C17H20N4O. The fourth-order valence-corrected chi connectivity index (χ4v) is 2.74. The predicted molar refractivity (Wildman–Crippen MR) is 85.5 cm³/mol. The SMILES string of the molecule is CN1CCN(C(=O)CCc2ncccn2)Cc2ccccc21. The van der Waals surface area contributed by atoms with Gasteiger partial charge in [-0.15, -0.1) is 0 Å². The van der Waals surface area contributed by atoms with E-state index in [-0.39, 0.29) is 5.91 Å². The molecule has 1 aromatic carbocycles. The summed E-state index contributed by atoms with van der Waals surface area (Å²) in [6, 6.07) is 10.1. The maximum absolute atomic E-state index is 12.5. The Labute approximate surface area is 130 Å². The van der Waals surface area contributed by atoms with Crippen LogP contribution in [0.2, 0.25) is 0 Å². The van der Waals surface area contributed by atoms with Gasteiger partial charge in [0, 0.05) is 57.6 Å². The van der Waals surface area contributed by atoms with Crippen molar-refractivity contribution >= 4 is 11.6 Å². The lowest BCUT2D eigenvalue weighted by Gasteiger charge is -2.21. The van der Waals surface area contributed by atoms with E-state index in [0.717, 1.165) is 18.9 Å². The van der Waals surface area contributed by atoms with E-state index in [1.54, 1.807) is 18.5 Å². The van der Waals surface area contributed by atoms with Gasteiger partial charge in [-0.2, -0.15) is 0 Å². The molecule has 0 radical (unpaired) electrons. The lowest BCUT2D eigenvalue weighted by atomic mass is 10.1. The first-order valence-corrected chi connectivity index (χ1v) is 7.57. The molecule has 5 heteroatoms. The van der Waals surface area contributed by atoms with Crippen molar-refractivity contribution < 1.29 is 4.79 Å². The number of rotatable bonds is 3. The molecule has 0 fully saturated rings. The molecule has 1 aromatic heterocycles. The van der Waals surface area contributed by atoms with Gasteiger partial charge in [-0.3, -0.25) is 4.79 Å². The van der Waals surface area contributed by atoms with Crippen molar-refractivity contribution in [2.75, 3.05) is 25.0 Å². The molecule has 0 bridgehead atoms. The summed E-state index contributed by atoms with van der Waals surface area (Å²) >= 11 is 0. The highest BCUT2D eigenvalue weighted by Crippen LogP contribution is 2.23. The quantitative estimate of drug-likeness (QED) is 0.868. The van der Waals surface area contributed by atoms with E-state index in [1.165, 1.54) is 11.3 Å². The molecule has 1 amide bonds. The Morgan fingerprint density at radius 1 is 1.14 bits per heavy atom. The molecule has 0 N–H and O–H groups in total. The van der Waals surface area contributed by atoms with E-state index < -0.39 is 0 Å². The second-order valence-electron chi connectivity index (χ2n) is 5.53. The van der Waals surface area contributed by atoms with Crippen LogP contribution < -0.4 is 4.90 Å². The van der Waals surface area contributed by atoms with Crippen molar-refractivity contribution in [3.05, 3.63) is 54.1 Å². The van der Waals surface area contributed by atoms with Crippen LogP contribution in [0.1, 0.15) is 17.8 Å². The van der Waals surface area contributed by atoms with Crippen LogP contribution in [-0.4, -0.2) is 40.9 Å². The van der Waals surface area contributed by atoms with Crippen molar-refractivity contribution in [2.24, 2.45) is 0 Å². The first-order chi connectivity index (χ1) is 10.7. The summed E-state index contributed by atoms with van der Waals surface area (Å²) in [6.07, 6.45) is 4.47. The number of carbonyl (C=O) groups excluding carboxylic acids is 1. The molecule has 3 rings (SSSR count). The van der Waals surface area contributed by atoms with Crippen LogP contribution in [0.15, 0.2) is 42.7 Å². The number of likely N-dealkylation sites (N-methyl/N-ethyl adjacent to an activating group) is 1. The minimum Gasteiger partial charge on any atom is -0.373 e. The maximum atomic E-state index is 12.5. The van der Waals surface area contributed by atoms with Crippen molar-refractivity contribution in [3.63, 3.8) is 0 Å². The molecule has 0 aliphatic carbocycles. The Balaban J connectivity index is 1.66. The van der Waals surface area contributed by atoms with Crippen LogP contribution in [0.4, 0.5) is 5.69 Å². The second kappa shape index (κ2) is 6.56. The van der Waals surface area contributed by atoms with E-state index in [0.29, 0.717) is 19.4 Å². The van der Waals surface area contributed by atoms with Gasteiger partial charge in [-0.25, -0.2) is 9.97 Å². The van der Waals surface area contributed by atoms with Gasteiger partial charge in [0.15, 0.2) is 0 Å². The van der Waals surface area contributed by atoms with Crippen LogP contribution in [0.5, 0.6) is 0 Å². The van der Waals surface area contributed by atoms with Gasteiger partial charge in [-0.1, -0.05) is 18.2 Å². The molecule has 0 saturated heterocycles. The Kier molecular flexibility index (Phi) is 4.32. The van der Waals surface area contributed by atoms with Crippen LogP contribution in [-0.2, 0) is 17.8 Å². The number of nitrogens with zero attached hydrogens (tertiary/aromatic N) is 4. The van der Waals surface area contributed by atoms with Crippen molar-refractivity contribution in [3.8, 4) is 0 Å². The molecule has 114 valence electrons. The number of hydrogen-bond donors (Lipinski definition) is 0. The fraction of sp³-hybridized carbons (Fsp3) is 0.353. The molecule has 0 atom stereocenters. The zero-order valence-electron chi connectivity index (χ0n) is 12.8. The largest absolute Gasteiger partial charge is 0.373 e. The first kappa shape index (κ1) is 14.5. The van der Waals surface area contributed by atoms with E-state index >= 15 is 0 Å². The first-order valence-electron chi connectivity index (χ1n) is 7.57. The number of para-hydroxylation sites is 1. The third-order valence-corrected chi connectivity index (χ3v) is 4.00. The number of carbonyl (C=O) groups is 1. The number of amides is 1. The molecule has 1 aliphatic heterocycles. The van der Waals surface area contributed by atoms with Gasteiger partial charge < -0.3 is 9.80 Å². The average Bonchev–Trinajstić information content (AvgIpc) is 2.73. The molecule has 2 heterocycles. The van der Waals surface area contributed by atoms with Gasteiger partial charge in [0.05, 0.1) is 0 Å². The highest BCUT2D eigenvalue weighted by molar-refractivity contribution is 5.77. The third-order valence-electron chi connectivity index (χ3n) is 4.00. The molecule has 5 nitrogen and oxygen atoms in total. The summed E-state index contributed by atoms with van der Waals surface area (Å²) in [7, 11) is 2.07. The molecule has 22 heavy (non-hydrogen) atoms. The topological polar surface area (TPSA) is 49.3 Å². The summed E-state index contributed by atoms with van der Waals surface area (Å²) in [5.74, 6) is 0.890. The smallest absolute Gasteiger partial charge is 0.223 e. The minimum atomic E-state index is 0.164. The number of anilines is 1. The van der Waals surface area contributed by atoms with E-state index in [4.69, 9.17) is 0 Å². The Bertz CT molecular complexity index is 644. The van der Waals surface area contributed by atoms with Crippen LogP contribution >= 0.6 is 0 Å². The van der Waals surface area contributed by atoms with Gasteiger partial charge in [0.25, 0.3) is 0 Å². The number of benzene rings is 1. The van der Waals surface area contributed by atoms with Crippen LogP contribution in [0.3, 0.4) is 0 Å². The molecular weight excluding hydrogens is 276 g/mol. The molecule has 0 spiro atoms. The zero-order chi connectivity index (χ0) is 15.4. The van der Waals surface area contributed by atoms with Crippen molar-refractivity contribution in [2.45, 2.75) is 19.4 Å². The van der Waals surface area contributed by atoms with E-state index in [2.05, 4.69) is 34.0 Å². The maximum Gasteiger partial charge on any atom is 0.223 e. The summed E-state index contributed by atoms with van der Waals surface area (Å²) in [5, 5.41) is 0. The number of hydrogen-bond acceptors (Lipinski definition) is 4. The monoisotopic (exact) mass is 296 g/mol. The number of aromatic nitrogens is 2. The fourth-order valence-electron chi connectivity index (χ4n) is 2.74. The average molecular weight is 296 g/mol. The summed E-state index contributed by atoms with van der Waals surface area (Å²) in [6.45, 7) is 2.28. The molecule has 1 aliphatic rings. The second-order valence-corrected chi connectivity index (χ2v) is 5.53. The van der Waals surface area contributed by atoms with Gasteiger partial charge in [0.2, 0.25) is 5.91 Å². The molecule has 0 unspecified atom stereocenters. The highest BCUT2D eigenvalue weighted by atomic mass is 16.2. The standard InChI is InChI=1S/C17H20N4O/c1-20-11-12-21(13-14-5-2-3-6-15(14)20)17(22)8-7-16-18-9-4-10-19-16/h2-6,9-10H,7-8,11-13H2,1H3. The van der Waals surface area contributed by atoms with E-state index in [1.807, 2.05) is 17.0 Å². The zero-order valence-corrected chi connectivity index (χ0v) is 12.8. The predicted octanol–water partition coefficient (Wildman–Crippen LogP) is 1.89. The lowest BCUT2D eigenvalue weighted by molar-refractivity contribution is -0.131. The highest BCUT2D eigenvalue weighted by Gasteiger charge is 2.20. The number of fused-ring (bicyclic) bond motifs is 1. The van der Waals surface area contributed by atoms with Gasteiger partial charge in [0.1, 0.15) is 5.82 Å². The van der Waals surface area contributed by atoms with Gasteiger partial charge >= 0.3 is 0 Å². The Morgan fingerprint density at radius 3 is 2.73 bits per heavy atom. The molecule has 2 aromatic rings. The van der Waals surface area contributed by atoms with Crippen LogP contribution in [0, 0.1) is 0 Å². The van der Waals surface area contributed by atoms with Crippen molar-refractivity contribution in [1.82, 2.24) is 14.9 Å². The Hall–Kier alpha value is -2.43. The molecule has 0 saturated carbocycles. The Morgan fingerprint density at radius 2 is 1.91 bits per heavy atom. The lowest BCUT2D eigenvalue weighted by Crippen LogP contribution is -2.34. The number of aryl methyl sites for hydroxylation is 1. The normalized spacial score (nSPS) is 14.4. The van der Waals surface area contributed by atoms with Gasteiger partial charge in [-0.05, 0) is 17.7 Å². The van der Waals surface area contributed by atoms with Crippen molar-refractivity contribution in [1.29, 1.82) is 0 Å². The van der Waals surface area contributed by atoms with E-state index in [9.17, 15) is 4.79 Å². The minimum absolute atomic E-state index is 0.164.